The fourth-order valence-electron chi connectivity index (χ4n) is 3.77. The quantitative estimate of drug-likeness (QED) is 0.344. The van der Waals surface area contributed by atoms with Gasteiger partial charge in [0, 0.05) is 28.8 Å². The van der Waals surface area contributed by atoms with Gasteiger partial charge in [0.25, 0.3) is 5.91 Å². The van der Waals surface area contributed by atoms with Crippen molar-refractivity contribution in [1.82, 2.24) is 10.4 Å². The Morgan fingerprint density at radius 2 is 1.91 bits per heavy atom. The van der Waals surface area contributed by atoms with Crippen LogP contribution in [0.25, 0.3) is 0 Å². The van der Waals surface area contributed by atoms with Crippen LogP contribution in [0.1, 0.15) is 61.9 Å². The minimum Gasteiger partial charge on any atom is -0.453 e. The van der Waals surface area contributed by atoms with Crippen LogP contribution in [0, 0.1) is 20.8 Å². The fraction of sp³-hybridized carbons (Fsp3) is 0.250. The number of nitrogens with one attached hydrogen (secondary N) is 1. The van der Waals surface area contributed by atoms with Crippen LogP contribution in [0.2, 0.25) is 5.02 Å². The van der Waals surface area contributed by atoms with Crippen molar-refractivity contribution in [1.29, 1.82) is 0 Å². The van der Waals surface area contributed by atoms with Crippen LogP contribution in [-0.2, 0) is 6.42 Å². The van der Waals surface area contributed by atoms with Crippen LogP contribution in [0.4, 0.5) is 0 Å². The Balaban J connectivity index is 1.58. The van der Waals surface area contributed by atoms with Crippen molar-refractivity contribution >= 4 is 29.2 Å². The van der Waals surface area contributed by atoms with E-state index in [1.165, 1.54) is 0 Å². The molecule has 0 atom stereocenters. The second-order valence-corrected chi connectivity index (χ2v) is 8.06. The third kappa shape index (κ3) is 4.29. The number of pyridine rings is 1. The van der Waals surface area contributed by atoms with Crippen molar-refractivity contribution in [3.63, 3.8) is 0 Å². The number of rotatable bonds is 4. The number of carbonyl (C=O) groups is 2. The van der Waals surface area contributed by atoms with Crippen LogP contribution < -0.4 is 10.2 Å². The van der Waals surface area contributed by atoms with Gasteiger partial charge in [-0.25, -0.2) is 10.2 Å². The van der Waals surface area contributed by atoms with Gasteiger partial charge >= 0.3 is 5.97 Å². The standard InChI is InChI=1S/C24H22ClN3O4/c1-13-11-16(12-14(2)21(13)25)31-24(30)22-15(3)20-17(8-6-9-19(20)32-22)27-28-23(29)18-7-4-5-10-26-18/h4-5,7,10-12H,6,8-9H2,1-3H3,(H,28,29)/b27-17+. The van der Waals surface area contributed by atoms with Crippen LogP contribution in [0.5, 0.6) is 5.75 Å². The van der Waals surface area contributed by atoms with E-state index in [0.29, 0.717) is 40.6 Å². The molecule has 0 saturated heterocycles. The van der Waals surface area contributed by atoms with E-state index in [-0.39, 0.29) is 11.5 Å². The van der Waals surface area contributed by atoms with Gasteiger partial charge in [-0.05, 0) is 69.0 Å². The maximum absolute atomic E-state index is 12.9. The van der Waals surface area contributed by atoms with Crippen molar-refractivity contribution in [3.8, 4) is 5.75 Å². The van der Waals surface area contributed by atoms with Crippen LogP contribution >= 0.6 is 11.6 Å². The van der Waals surface area contributed by atoms with Gasteiger partial charge in [-0.1, -0.05) is 17.7 Å². The highest BCUT2D eigenvalue weighted by Gasteiger charge is 2.29. The Morgan fingerprint density at radius 3 is 2.59 bits per heavy atom. The maximum atomic E-state index is 12.9. The molecule has 2 aromatic heterocycles. The van der Waals surface area contributed by atoms with Gasteiger partial charge in [-0.2, -0.15) is 5.10 Å². The number of hydrazone groups is 1. The monoisotopic (exact) mass is 451 g/mol. The van der Waals surface area contributed by atoms with E-state index in [9.17, 15) is 9.59 Å². The highest BCUT2D eigenvalue weighted by molar-refractivity contribution is 6.32. The van der Waals surface area contributed by atoms with Gasteiger partial charge in [0.15, 0.2) is 0 Å². The largest absolute Gasteiger partial charge is 0.453 e. The number of furan rings is 1. The van der Waals surface area contributed by atoms with E-state index < -0.39 is 11.9 Å². The first-order valence-electron chi connectivity index (χ1n) is 10.2. The molecule has 1 aliphatic rings. The van der Waals surface area contributed by atoms with E-state index in [1.807, 2.05) is 13.8 Å². The molecule has 0 aliphatic heterocycles. The molecular weight excluding hydrogens is 430 g/mol. The predicted molar refractivity (Wildman–Crippen MR) is 121 cm³/mol. The molecule has 4 rings (SSSR count). The average molecular weight is 452 g/mol. The zero-order valence-corrected chi connectivity index (χ0v) is 18.7. The number of carbonyl (C=O) groups excluding carboxylic acids is 2. The summed E-state index contributed by atoms with van der Waals surface area (Å²) < 4.78 is 11.4. The Labute approximate surface area is 190 Å². The smallest absolute Gasteiger partial charge is 0.379 e. The summed E-state index contributed by atoms with van der Waals surface area (Å²) in [6.45, 7) is 5.50. The molecule has 1 N–H and O–H groups in total. The Bertz CT molecular complexity index is 1210. The SMILES string of the molecule is Cc1cc(OC(=O)c2oc3c(c2C)/C(=N/NC(=O)c2ccccn2)CCC3)cc(C)c1Cl. The molecule has 2 heterocycles. The first-order chi connectivity index (χ1) is 15.3. The maximum Gasteiger partial charge on any atom is 0.379 e. The van der Waals surface area contributed by atoms with Gasteiger partial charge in [0.1, 0.15) is 17.2 Å². The lowest BCUT2D eigenvalue weighted by atomic mass is 9.93. The van der Waals surface area contributed by atoms with Crippen molar-refractivity contribution in [2.45, 2.75) is 40.0 Å². The number of benzene rings is 1. The molecule has 0 radical (unpaired) electrons. The number of esters is 1. The average Bonchev–Trinajstić information content (AvgIpc) is 3.13. The van der Waals surface area contributed by atoms with E-state index in [0.717, 1.165) is 23.1 Å². The molecule has 164 valence electrons. The molecule has 0 unspecified atom stereocenters. The zero-order valence-electron chi connectivity index (χ0n) is 18.0. The molecule has 0 saturated carbocycles. The summed E-state index contributed by atoms with van der Waals surface area (Å²) in [5.41, 5.74) is 6.51. The number of amides is 1. The summed E-state index contributed by atoms with van der Waals surface area (Å²) in [5.74, 6) is 0.204. The zero-order chi connectivity index (χ0) is 22.8. The summed E-state index contributed by atoms with van der Waals surface area (Å²) in [7, 11) is 0. The van der Waals surface area contributed by atoms with Crippen molar-refractivity contribution in [3.05, 3.63) is 81.0 Å². The molecule has 1 aliphatic carbocycles. The number of aromatic nitrogens is 1. The van der Waals surface area contributed by atoms with Crippen LogP contribution in [0.15, 0.2) is 46.0 Å². The second-order valence-electron chi connectivity index (χ2n) is 7.68. The Morgan fingerprint density at radius 1 is 1.16 bits per heavy atom. The number of ether oxygens (including phenoxy) is 1. The first-order valence-corrected chi connectivity index (χ1v) is 10.6. The van der Waals surface area contributed by atoms with Crippen molar-refractivity contribution in [2.75, 3.05) is 0 Å². The summed E-state index contributed by atoms with van der Waals surface area (Å²) in [5, 5.41) is 4.94. The number of fused-ring (bicyclic) bond motifs is 1. The van der Waals surface area contributed by atoms with E-state index >= 15 is 0 Å². The molecular formula is C24H22ClN3O4. The molecule has 0 fully saturated rings. The highest BCUT2D eigenvalue weighted by Crippen LogP contribution is 2.31. The predicted octanol–water partition coefficient (Wildman–Crippen LogP) is 4.94. The van der Waals surface area contributed by atoms with Gasteiger partial charge < -0.3 is 9.15 Å². The van der Waals surface area contributed by atoms with E-state index in [4.69, 9.17) is 20.8 Å². The van der Waals surface area contributed by atoms with Gasteiger partial charge in [0.05, 0.1) is 5.71 Å². The lowest BCUT2D eigenvalue weighted by Crippen LogP contribution is -2.22. The molecule has 1 aromatic carbocycles. The second kappa shape index (κ2) is 8.96. The van der Waals surface area contributed by atoms with Gasteiger partial charge in [0.2, 0.25) is 5.76 Å². The summed E-state index contributed by atoms with van der Waals surface area (Å²) in [6.07, 6.45) is 3.67. The van der Waals surface area contributed by atoms with E-state index in [2.05, 4.69) is 15.5 Å². The molecule has 8 heteroatoms. The van der Waals surface area contributed by atoms with E-state index in [1.54, 1.807) is 43.5 Å². The molecule has 7 nitrogen and oxygen atoms in total. The molecule has 0 bridgehead atoms. The third-order valence-electron chi connectivity index (χ3n) is 5.32. The van der Waals surface area contributed by atoms with Crippen molar-refractivity contribution < 1.29 is 18.7 Å². The lowest BCUT2D eigenvalue weighted by molar-refractivity contribution is 0.0698. The summed E-state index contributed by atoms with van der Waals surface area (Å²) in [6, 6.07) is 8.50. The Kier molecular flexibility index (Phi) is 6.10. The molecule has 0 spiro atoms. The Hall–Kier alpha value is -3.45. The number of hydrogen-bond acceptors (Lipinski definition) is 6. The lowest BCUT2D eigenvalue weighted by Gasteiger charge is -2.13. The van der Waals surface area contributed by atoms with Crippen LogP contribution in [-0.4, -0.2) is 22.6 Å². The normalized spacial score (nSPS) is 14.2. The van der Waals surface area contributed by atoms with Gasteiger partial charge in [-0.15, -0.1) is 0 Å². The van der Waals surface area contributed by atoms with Gasteiger partial charge in [-0.3, -0.25) is 9.78 Å². The molecule has 3 aromatic rings. The topological polar surface area (TPSA) is 93.8 Å². The number of hydrogen-bond donors (Lipinski definition) is 1. The summed E-state index contributed by atoms with van der Waals surface area (Å²) in [4.78, 5) is 29.2. The number of aryl methyl sites for hydroxylation is 3. The molecule has 1 amide bonds. The number of nitrogens with zero attached hydrogens (tertiary/aromatic N) is 2. The minimum absolute atomic E-state index is 0.130. The fourth-order valence-corrected chi connectivity index (χ4v) is 3.87. The third-order valence-corrected chi connectivity index (χ3v) is 5.92. The summed E-state index contributed by atoms with van der Waals surface area (Å²) >= 11 is 6.20. The van der Waals surface area contributed by atoms with Crippen molar-refractivity contribution in [2.24, 2.45) is 5.10 Å². The highest BCUT2D eigenvalue weighted by atomic mass is 35.5. The molecule has 32 heavy (non-hydrogen) atoms. The minimum atomic E-state index is -0.588. The first kappa shape index (κ1) is 21.8. The van der Waals surface area contributed by atoms with Crippen LogP contribution in [0.3, 0.4) is 0 Å². The number of halogens is 1.